The average Bonchev–Trinajstić information content (AvgIpc) is 2.72. The van der Waals surface area contributed by atoms with Crippen LogP contribution in [0.5, 0.6) is 5.75 Å². The molecular weight excluding hydrogens is 378 g/mol. The minimum atomic E-state index is -0.581. The van der Waals surface area contributed by atoms with Crippen LogP contribution >= 0.6 is 0 Å². The van der Waals surface area contributed by atoms with Crippen LogP contribution in [0, 0.1) is 6.92 Å². The van der Waals surface area contributed by atoms with Gasteiger partial charge < -0.3 is 9.62 Å². The Balaban J connectivity index is 0.00000198. The van der Waals surface area contributed by atoms with Crippen molar-refractivity contribution in [3.8, 4) is 5.75 Å². The lowest BCUT2D eigenvalue weighted by Gasteiger charge is -2.28. The molecule has 0 bridgehead atoms. The molecule has 30 heavy (non-hydrogen) atoms. The quantitative estimate of drug-likeness (QED) is 0.288. The fourth-order valence-corrected chi connectivity index (χ4v) is 2.67. The Labute approximate surface area is 182 Å². The van der Waals surface area contributed by atoms with Gasteiger partial charge in [-0.2, -0.15) is 4.89 Å². The SMILES string of the molecule is C/C=C/CN(C(=O)OC(C)(C)C)c1cc2ccccc2c(OOC)c1C.CC.CC. The molecule has 5 heteroatoms. The molecule has 0 unspecified atom stereocenters. The molecule has 0 aliphatic rings. The molecule has 0 heterocycles. The Kier molecular flexibility index (Phi) is 12.5. The first kappa shape index (κ1) is 27.5. The van der Waals surface area contributed by atoms with Gasteiger partial charge in [0.2, 0.25) is 0 Å². The zero-order valence-electron chi connectivity index (χ0n) is 20.3. The van der Waals surface area contributed by atoms with E-state index in [1.807, 2.05) is 105 Å². The minimum absolute atomic E-state index is 0.400. The predicted molar refractivity (Wildman–Crippen MR) is 127 cm³/mol. The lowest BCUT2D eigenvalue weighted by Crippen LogP contribution is -2.37. The van der Waals surface area contributed by atoms with Crippen molar-refractivity contribution in [3.63, 3.8) is 0 Å². The normalized spacial score (nSPS) is 10.6. The van der Waals surface area contributed by atoms with Gasteiger partial charge in [-0.3, -0.25) is 4.90 Å². The maximum absolute atomic E-state index is 12.8. The van der Waals surface area contributed by atoms with Gasteiger partial charge in [0.25, 0.3) is 0 Å². The number of fused-ring (bicyclic) bond motifs is 1. The first-order valence-electron chi connectivity index (χ1n) is 10.6. The molecule has 2 aromatic carbocycles. The summed E-state index contributed by atoms with van der Waals surface area (Å²) in [7, 11) is 1.46. The molecule has 0 N–H and O–H groups in total. The first-order chi connectivity index (χ1) is 14.3. The fraction of sp³-hybridized carbons (Fsp3) is 0.480. The van der Waals surface area contributed by atoms with E-state index in [0.29, 0.717) is 12.3 Å². The molecule has 0 atom stereocenters. The van der Waals surface area contributed by atoms with Gasteiger partial charge in [-0.25, -0.2) is 4.79 Å². The van der Waals surface area contributed by atoms with Crippen molar-refractivity contribution in [2.24, 2.45) is 0 Å². The summed E-state index contributed by atoms with van der Waals surface area (Å²) in [4.78, 5) is 24.8. The zero-order chi connectivity index (χ0) is 23.3. The Hall–Kier alpha value is -2.53. The summed E-state index contributed by atoms with van der Waals surface area (Å²) in [5, 5.41) is 1.87. The van der Waals surface area contributed by atoms with Crippen LogP contribution in [0.2, 0.25) is 0 Å². The van der Waals surface area contributed by atoms with Crippen molar-refractivity contribution < 1.29 is 19.3 Å². The number of ether oxygens (including phenoxy) is 1. The Morgan fingerprint density at radius 2 is 1.70 bits per heavy atom. The number of carbonyl (C=O) groups is 1. The topological polar surface area (TPSA) is 48.0 Å². The van der Waals surface area contributed by atoms with E-state index >= 15 is 0 Å². The molecule has 0 aliphatic heterocycles. The highest BCUT2D eigenvalue weighted by Crippen LogP contribution is 2.37. The van der Waals surface area contributed by atoms with E-state index in [1.165, 1.54) is 7.11 Å². The Bertz CT molecular complexity index is 807. The number of anilines is 1. The molecule has 0 radical (unpaired) electrons. The summed E-state index contributed by atoms with van der Waals surface area (Å²) in [6.45, 7) is 17.8. The van der Waals surface area contributed by atoms with Gasteiger partial charge in [0.15, 0.2) is 5.75 Å². The number of benzene rings is 2. The highest BCUT2D eigenvalue weighted by atomic mass is 17.2. The summed E-state index contributed by atoms with van der Waals surface area (Å²) >= 11 is 0. The van der Waals surface area contributed by atoms with E-state index in [9.17, 15) is 4.79 Å². The second-order valence-corrected chi connectivity index (χ2v) is 6.98. The van der Waals surface area contributed by atoms with E-state index in [4.69, 9.17) is 14.5 Å². The van der Waals surface area contributed by atoms with Crippen molar-refractivity contribution >= 4 is 22.6 Å². The molecular formula is C25H39NO4. The second-order valence-electron chi connectivity index (χ2n) is 6.98. The molecule has 0 spiro atoms. The van der Waals surface area contributed by atoms with Crippen LogP contribution in [-0.2, 0) is 9.62 Å². The Morgan fingerprint density at radius 3 is 2.23 bits per heavy atom. The third-order valence-corrected chi connectivity index (χ3v) is 3.82. The molecule has 2 aromatic rings. The van der Waals surface area contributed by atoms with Crippen LogP contribution in [0.15, 0.2) is 42.5 Å². The maximum atomic E-state index is 12.8. The van der Waals surface area contributed by atoms with Crippen LogP contribution in [0.3, 0.4) is 0 Å². The van der Waals surface area contributed by atoms with Crippen molar-refractivity contribution in [1.29, 1.82) is 0 Å². The lowest BCUT2D eigenvalue weighted by molar-refractivity contribution is -0.177. The smallest absolute Gasteiger partial charge is 0.415 e. The Morgan fingerprint density at radius 1 is 1.10 bits per heavy atom. The molecule has 0 aromatic heterocycles. The molecule has 2 rings (SSSR count). The number of hydrogen-bond donors (Lipinski definition) is 0. The van der Waals surface area contributed by atoms with Gasteiger partial charge in [-0.15, -0.1) is 0 Å². The second kappa shape index (κ2) is 13.6. The van der Waals surface area contributed by atoms with Crippen LogP contribution in [0.25, 0.3) is 10.8 Å². The largest absolute Gasteiger partial charge is 0.443 e. The number of carbonyl (C=O) groups excluding carboxylic acids is 1. The zero-order valence-corrected chi connectivity index (χ0v) is 20.3. The molecule has 168 valence electrons. The third-order valence-electron chi connectivity index (χ3n) is 3.82. The summed E-state index contributed by atoms with van der Waals surface area (Å²) in [5.41, 5.74) is 0.950. The van der Waals surface area contributed by atoms with Crippen LogP contribution < -0.4 is 9.79 Å². The molecule has 5 nitrogen and oxygen atoms in total. The predicted octanol–water partition coefficient (Wildman–Crippen LogP) is 7.46. The minimum Gasteiger partial charge on any atom is -0.443 e. The van der Waals surface area contributed by atoms with Gasteiger partial charge >= 0.3 is 6.09 Å². The van der Waals surface area contributed by atoms with Crippen molar-refractivity contribution in [1.82, 2.24) is 0 Å². The third kappa shape index (κ3) is 7.71. The molecule has 0 aliphatic carbocycles. The van der Waals surface area contributed by atoms with E-state index in [1.54, 1.807) is 4.90 Å². The van der Waals surface area contributed by atoms with Crippen LogP contribution in [0.4, 0.5) is 10.5 Å². The van der Waals surface area contributed by atoms with E-state index in [2.05, 4.69) is 0 Å². The summed E-state index contributed by atoms with van der Waals surface area (Å²) in [5.74, 6) is 0.592. The summed E-state index contributed by atoms with van der Waals surface area (Å²) in [6, 6.07) is 9.80. The van der Waals surface area contributed by atoms with Gasteiger partial charge in [0, 0.05) is 17.5 Å². The number of hydrogen-bond acceptors (Lipinski definition) is 4. The fourth-order valence-electron chi connectivity index (χ4n) is 2.67. The van der Waals surface area contributed by atoms with Gasteiger partial charge in [0.1, 0.15) is 5.60 Å². The highest BCUT2D eigenvalue weighted by Gasteiger charge is 2.26. The van der Waals surface area contributed by atoms with Gasteiger partial charge in [-0.1, -0.05) is 64.1 Å². The lowest BCUT2D eigenvalue weighted by atomic mass is 10.0. The number of nitrogens with zero attached hydrogens (tertiary/aromatic N) is 1. The molecule has 1 amide bonds. The maximum Gasteiger partial charge on any atom is 0.415 e. The number of allylic oxidation sites excluding steroid dienone is 1. The molecule has 0 fully saturated rings. The van der Waals surface area contributed by atoms with Gasteiger partial charge in [0.05, 0.1) is 12.8 Å². The average molecular weight is 418 g/mol. The van der Waals surface area contributed by atoms with Crippen LogP contribution in [0.1, 0.15) is 61.0 Å². The van der Waals surface area contributed by atoms with E-state index in [-0.39, 0.29) is 0 Å². The van der Waals surface area contributed by atoms with Crippen molar-refractivity contribution in [3.05, 3.63) is 48.0 Å². The number of rotatable bonds is 5. The van der Waals surface area contributed by atoms with E-state index < -0.39 is 11.7 Å². The highest BCUT2D eigenvalue weighted by molar-refractivity contribution is 5.98. The molecule has 0 saturated heterocycles. The number of amides is 1. The van der Waals surface area contributed by atoms with Crippen LogP contribution in [-0.4, -0.2) is 25.3 Å². The van der Waals surface area contributed by atoms with Gasteiger partial charge in [-0.05, 0) is 46.1 Å². The van der Waals surface area contributed by atoms with Crippen molar-refractivity contribution in [2.45, 2.75) is 67.9 Å². The molecule has 0 saturated carbocycles. The summed E-state index contributed by atoms with van der Waals surface area (Å²) < 4.78 is 5.60. The van der Waals surface area contributed by atoms with Crippen molar-refractivity contribution in [2.75, 3.05) is 18.6 Å². The standard InChI is InChI=1S/C21H27NO4.2C2H6/c1-7-8-13-22(20(23)25-21(3,4)5)18-14-16-11-9-10-12-17(16)19(15(18)2)26-24-6;2*1-2/h7-12,14H,13H2,1-6H3;2*1-2H3/b8-7+;;. The van der Waals surface area contributed by atoms with E-state index in [0.717, 1.165) is 22.0 Å². The first-order valence-corrected chi connectivity index (χ1v) is 10.6. The summed E-state index contributed by atoms with van der Waals surface area (Å²) in [6.07, 6.45) is 3.41. The monoisotopic (exact) mass is 417 g/mol.